The number of benzene rings is 2. The molecule has 5 rings (SSSR count). The third-order valence-corrected chi connectivity index (χ3v) is 5.82. The molecule has 1 fully saturated rings. The molecule has 2 aromatic heterocycles. The highest BCUT2D eigenvalue weighted by atomic mass is 19.3. The second-order valence-corrected chi connectivity index (χ2v) is 8.27. The van der Waals surface area contributed by atoms with Crippen LogP contribution >= 0.6 is 0 Å². The molecule has 1 saturated heterocycles. The third-order valence-electron chi connectivity index (χ3n) is 5.82. The number of aryl methyl sites for hydroxylation is 1. The van der Waals surface area contributed by atoms with Crippen molar-refractivity contribution in [1.82, 2.24) is 29.6 Å². The van der Waals surface area contributed by atoms with Gasteiger partial charge in [-0.1, -0.05) is 24.3 Å². The third kappa shape index (κ3) is 4.65. The Kier molecular flexibility index (Phi) is 5.81. The molecule has 0 saturated carbocycles. The molecule has 1 aliphatic heterocycles. The van der Waals surface area contributed by atoms with Gasteiger partial charge in [0.05, 0.1) is 11.6 Å². The van der Waals surface area contributed by atoms with E-state index in [-0.39, 0.29) is 24.9 Å². The van der Waals surface area contributed by atoms with Crippen LogP contribution in [-0.4, -0.2) is 55.1 Å². The number of halogens is 2. The summed E-state index contributed by atoms with van der Waals surface area (Å²) in [6.45, 7) is 0.173. The molecule has 4 aromatic rings. The summed E-state index contributed by atoms with van der Waals surface area (Å²) in [5, 5.41) is 7.69. The van der Waals surface area contributed by atoms with Crippen molar-refractivity contribution >= 4 is 23.5 Å². The average molecular weight is 476 g/mol. The summed E-state index contributed by atoms with van der Waals surface area (Å²) in [7, 11) is 1.78. The monoisotopic (exact) mass is 476 g/mol. The maximum atomic E-state index is 12.7. The van der Waals surface area contributed by atoms with Crippen LogP contribution in [0.1, 0.15) is 10.4 Å². The molecule has 3 N–H and O–H groups in total. The number of hydrogen-bond donors (Lipinski definition) is 2. The van der Waals surface area contributed by atoms with Gasteiger partial charge in [-0.3, -0.25) is 4.79 Å². The molecular formula is C24H22F2N8O. The summed E-state index contributed by atoms with van der Waals surface area (Å²) in [5.41, 5.74) is 9.29. The fraction of sp³-hybridized carbons (Fsp3) is 0.208. The maximum Gasteiger partial charge on any atom is 0.253 e. The van der Waals surface area contributed by atoms with Crippen LogP contribution in [0.25, 0.3) is 22.6 Å². The molecule has 11 heteroatoms. The largest absolute Gasteiger partial charge is 0.368 e. The number of anilines is 3. The van der Waals surface area contributed by atoms with Gasteiger partial charge in [0.2, 0.25) is 18.3 Å². The highest BCUT2D eigenvalue weighted by Crippen LogP contribution is 2.26. The Balaban J connectivity index is 1.26. The van der Waals surface area contributed by atoms with E-state index in [1.165, 1.54) is 4.90 Å². The standard InChI is InChI=1S/C24H22F2N8O/c1-33-24(29-18-8-6-14(7-9-18)19-10-11-28-23(27)30-19)31-21(32-33)15-2-4-16(5-3-15)22(35)34-12-17(13-34)20(25)26/h2-11,17,20H,12-13H2,1H3,(H2,27,28,30)(H,29,31,32). The molecule has 35 heavy (non-hydrogen) atoms. The molecule has 0 radical (unpaired) electrons. The molecular weight excluding hydrogens is 454 g/mol. The summed E-state index contributed by atoms with van der Waals surface area (Å²) >= 11 is 0. The molecule has 0 unspecified atom stereocenters. The van der Waals surface area contributed by atoms with E-state index in [9.17, 15) is 13.6 Å². The highest BCUT2D eigenvalue weighted by molar-refractivity contribution is 5.95. The van der Waals surface area contributed by atoms with Crippen molar-refractivity contribution in [2.45, 2.75) is 6.43 Å². The Hall–Kier alpha value is -4.41. The quantitative estimate of drug-likeness (QED) is 0.437. The number of likely N-dealkylation sites (tertiary alicyclic amines) is 1. The minimum Gasteiger partial charge on any atom is -0.368 e. The Bertz CT molecular complexity index is 1350. The average Bonchev–Trinajstić information content (AvgIpc) is 3.18. The van der Waals surface area contributed by atoms with Gasteiger partial charge in [-0.2, -0.15) is 4.98 Å². The molecule has 0 atom stereocenters. The van der Waals surface area contributed by atoms with Gasteiger partial charge in [-0.25, -0.2) is 23.4 Å². The Labute approximate surface area is 199 Å². The number of nitrogens with two attached hydrogens (primary N) is 1. The molecule has 1 amide bonds. The van der Waals surface area contributed by atoms with Crippen molar-refractivity contribution in [3.8, 4) is 22.6 Å². The second kappa shape index (κ2) is 9.09. The van der Waals surface area contributed by atoms with Gasteiger partial charge in [0.15, 0.2) is 5.82 Å². The number of aromatic nitrogens is 5. The van der Waals surface area contributed by atoms with E-state index in [0.717, 1.165) is 22.5 Å². The summed E-state index contributed by atoms with van der Waals surface area (Å²) < 4.78 is 27.0. The van der Waals surface area contributed by atoms with Gasteiger partial charge in [0.1, 0.15) is 0 Å². The predicted molar refractivity (Wildman–Crippen MR) is 127 cm³/mol. The Morgan fingerprint density at radius 3 is 2.37 bits per heavy atom. The van der Waals surface area contributed by atoms with E-state index in [4.69, 9.17) is 5.73 Å². The van der Waals surface area contributed by atoms with Crippen LogP contribution in [0.3, 0.4) is 0 Å². The number of carbonyl (C=O) groups is 1. The normalized spacial score (nSPS) is 13.7. The van der Waals surface area contributed by atoms with E-state index in [2.05, 4.69) is 25.4 Å². The number of alkyl halides is 2. The SMILES string of the molecule is Cn1nc(-c2ccc(C(=O)N3CC(C(F)F)C3)cc2)nc1Nc1ccc(-c2ccnc(N)n2)cc1. The first-order chi connectivity index (χ1) is 16.9. The van der Waals surface area contributed by atoms with Crippen molar-refractivity contribution < 1.29 is 13.6 Å². The van der Waals surface area contributed by atoms with Gasteiger partial charge >= 0.3 is 0 Å². The lowest BCUT2D eigenvalue weighted by molar-refractivity contribution is -0.0152. The van der Waals surface area contributed by atoms with Crippen LogP contribution in [0.5, 0.6) is 0 Å². The first-order valence-corrected chi connectivity index (χ1v) is 10.9. The Morgan fingerprint density at radius 2 is 1.71 bits per heavy atom. The topological polar surface area (TPSA) is 115 Å². The smallest absolute Gasteiger partial charge is 0.253 e. The van der Waals surface area contributed by atoms with Gasteiger partial charge in [-0.15, -0.1) is 5.10 Å². The highest BCUT2D eigenvalue weighted by Gasteiger charge is 2.36. The molecule has 178 valence electrons. The van der Waals surface area contributed by atoms with Crippen molar-refractivity contribution in [2.75, 3.05) is 24.1 Å². The van der Waals surface area contributed by atoms with Crippen LogP contribution in [0.15, 0.2) is 60.8 Å². The number of hydrogen-bond acceptors (Lipinski definition) is 7. The van der Waals surface area contributed by atoms with E-state index >= 15 is 0 Å². The van der Waals surface area contributed by atoms with Crippen LogP contribution in [-0.2, 0) is 7.05 Å². The van der Waals surface area contributed by atoms with Gasteiger partial charge < -0.3 is 16.0 Å². The molecule has 9 nitrogen and oxygen atoms in total. The first kappa shape index (κ1) is 22.4. The van der Waals surface area contributed by atoms with E-state index in [1.54, 1.807) is 48.3 Å². The maximum absolute atomic E-state index is 12.7. The molecule has 2 aromatic carbocycles. The predicted octanol–water partition coefficient (Wildman–Crippen LogP) is 3.60. The molecule has 0 spiro atoms. The van der Waals surface area contributed by atoms with Crippen LogP contribution in [0, 0.1) is 5.92 Å². The van der Waals surface area contributed by atoms with E-state index in [1.807, 2.05) is 24.3 Å². The van der Waals surface area contributed by atoms with Crippen molar-refractivity contribution in [3.05, 3.63) is 66.4 Å². The summed E-state index contributed by atoms with van der Waals surface area (Å²) in [4.78, 5) is 26.6. The zero-order valence-corrected chi connectivity index (χ0v) is 18.8. The summed E-state index contributed by atoms with van der Waals surface area (Å²) in [6, 6.07) is 16.2. The van der Waals surface area contributed by atoms with E-state index < -0.39 is 12.3 Å². The number of nitrogens with zero attached hydrogens (tertiary/aromatic N) is 6. The number of carbonyl (C=O) groups excluding carboxylic acids is 1. The molecule has 0 aliphatic carbocycles. The summed E-state index contributed by atoms with van der Waals surface area (Å²) in [6.07, 6.45) is -0.781. The molecule has 3 heterocycles. The van der Waals surface area contributed by atoms with E-state index in [0.29, 0.717) is 17.3 Å². The van der Waals surface area contributed by atoms with Gasteiger partial charge in [-0.05, 0) is 30.3 Å². The number of nitrogens with one attached hydrogen (secondary N) is 1. The lowest BCUT2D eigenvalue weighted by Gasteiger charge is -2.38. The van der Waals surface area contributed by atoms with Crippen molar-refractivity contribution in [2.24, 2.45) is 13.0 Å². The van der Waals surface area contributed by atoms with Crippen LogP contribution in [0.2, 0.25) is 0 Å². The van der Waals surface area contributed by atoms with Crippen molar-refractivity contribution in [1.29, 1.82) is 0 Å². The fourth-order valence-corrected chi connectivity index (χ4v) is 3.79. The second-order valence-electron chi connectivity index (χ2n) is 8.27. The first-order valence-electron chi connectivity index (χ1n) is 10.9. The molecule has 1 aliphatic rings. The zero-order valence-electron chi connectivity index (χ0n) is 18.8. The zero-order chi connectivity index (χ0) is 24.5. The van der Waals surface area contributed by atoms with Gasteiger partial charge in [0.25, 0.3) is 5.91 Å². The fourth-order valence-electron chi connectivity index (χ4n) is 3.79. The lowest BCUT2D eigenvalue weighted by Crippen LogP contribution is -2.52. The van der Waals surface area contributed by atoms with Crippen molar-refractivity contribution in [3.63, 3.8) is 0 Å². The molecule has 0 bridgehead atoms. The summed E-state index contributed by atoms with van der Waals surface area (Å²) in [5.74, 6) is 0.262. The number of nitrogen functional groups attached to an aromatic ring is 1. The Morgan fingerprint density at radius 1 is 1.03 bits per heavy atom. The minimum absolute atomic E-state index is 0.0865. The number of rotatable bonds is 6. The van der Waals surface area contributed by atoms with Crippen LogP contribution in [0.4, 0.5) is 26.4 Å². The number of amides is 1. The minimum atomic E-state index is -2.39. The van der Waals surface area contributed by atoms with Gasteiger partial charge in [0, 0.05) is 48.7 Å². The van der Waals surface area contributed by atoms with Crippen LogP contribution < -0.4 is 11.1 Å². The lowest BCUT2D eigenvalue weighted by atomic mass is 9.99.